The zero-order valence-electron chi connectivity index (χ0n) is 6.53. The Morgan fingerprint density at radius 1 is 1.82 bits per heavy atom. The number of carbonyl (C=O) groups is 1. The summed E-state index contributed by atoms with van der Waals surface area (Å²) in [5, 5.41) is 8.67. The molecule has 11 heavy (non-hydrogen) atoms. The van der Waals surface area contributed by atoms with E-state index in [1.54, 1.807) is 25.2 Å². The maximum Gasteiger partial charge on any atom is 0.335 e. The van der Waals surface area contributed by atoms with Crippen LogP contribution in [0.4, 0.5) is 0 Å². The van der Waals surface area contributed by atoms with Crippen molar-refractivity contribution in [3.05, 3.63) is 11.3 Å². The molecule has 4 heteroatoms. The number of nitrogens with zero attached hydrogens (tertiary/aromatic N) is 2. The van der Waals surface area contributed by atoms with E-state index in [4.69, 9.17) is 5.11 Å². The number of rotatable bonds is 1. The van der Waals surface area contributed by atoms with Gasteiger partial charge in [0.05, 0.1) is 24.2 Å². The van der Waals surface area contributed by atoms with Crippen molar-refractivity contribution in [2.45, 2.75) is 6.92 Å². The number of carboxylic acid groups (broad SMARTS) is 1. The molecule has 0 aromatic carbocycles. The van der Waals surface area contributed by atoms with Gasteiger partial charge in [-0.2, -0.15) is 0 Å². The minimum absolute atomic E-state index is 0.370. The van der Waals surface area contributed by atoms with Crippen LogP contribution in [0.25, 0.3) is 0 Å². The number of allylic oxidation sites excluding steroid dienone is 1. The van der Waals surface area contributed by atoms with E-state index in [-0.39, 0.29) is 0 Å². The van der Waals surface area contributed by atoms with E-state index in [2.05, 4.69) is 4.99 Å². The summed E-state index contributed by atoms with van der Waals surface area (Å²) in [6.45, 7) is 2.14. The Kier molecular flexibility index (Phi) is 1.94. The maximum absolute atomic E-state index is 10.6. The molecule has 0 fully saturated rings. The van der Waals surface area contributed by atoms with Gasteiger partial charge in [0.2, 0.25) is 0 Å². The Hall–Kier alpha value is -1.32. The van der Waals surface area contributed by atoms with Crippen LogP contribution in [-0.2, 0) is 4.79 Å². The zero-order chi connectivity index (χ0) is 8.43. The van der Waals surface area contributed by atoms with Gasteiger partial charge < -0.3 is 10.0 Å². The minimum atomic E-state index is -0.883. The van der Waals surface area contributed by atoms with Crippen LogP contribution in [0, 0.1) is 0 Å². The summed E-state index contributed by atoms with van der Waals surface area (Å²) in [7, 11) is 1.79. The average molecular weight is 154 g/mol. The van der Waals surface area contributed by atoms with Gasteiger partial charge in [0, 0.05) is 7.05 Å². The normalized spacial score (nSPS) is 17.5. The van der Waals surface area contributed by atoms with Gasteiger partial charge in [-0.05, 0) is 6.92 Å². The van der Waals surface area contributed by atoms with Gasteiger partial charge in [-0.3, -0.25) is 0 Å². The van der Waals surface area contributed by atoms with Gasteiger partial charge in [0.15, 0.2) is 0 Å². The van der Waals surface area contributed by atoms with Crippen LogP contribution in [0.2, 0.25) is 0 Å². The highest BCUT2D eigenvalue weighted by Crippen LogP contribution is 2.10. The highest BCUT2D eigenvalue weighted by Gasteiger charge is 2.15. The van der Waals surface area contributed by atoms with Crippen LogP contribution in [0.15, 0.2) is 16.3 Å². The summed E-state index contributed by atoms with van der Waals surface area (Å²) in [4.78, 5) is 16.2. The Morgan fingerprint density at radius 3 is 2.91 bits per heavy atom. The molecule has 60 valence electrons. The number of hydrogen-bond acceptors (Lipinski definition) is 3. The third-order valence-corrected chi connectivity index (χ3v) is 1.55. The van der Waals surface area contributed by atoms with Crippen molar-refractivity contribution >= 4 is 12.3 Å². The predicted octanol–water partition coefficient (Wildman–Crippen LogP) is 0.319. The van der Waals surface area contributed by atoms with Gasteiger partial charge in [-0.25, -0.2) is 9.79 Å². The Labute approximate surface area is 64.8 Å². The Bertz CT molecular complexity index is 243. The van der Waals surface area contributed by atoms with Gasteiger partial charge in [-0.1, -0.05) is 0 Å². The first kappa shape index (κ1) is 7.78. The van der Waals surface area contributed by atoms with Crippen LogP contribution in [0.1, 0.15) is 6.92 Å². The average Bonchev–Trinajstić information content (AvgIpc) is 1.94. The topological polar surface area (TPSA) is 52.9 Å². The fourth-order valence-corrected chi connectivity index (χ4v) is 0.890. The molecule has 1 heterocycles. The molecule has 0 unspecified atom stereocenters. The van der Waals surface area contributed by atoms with Crippen molar-refractivity contribution in [3.8, 4) is 0 Å². The van der Waals surface area contributed by atoms with Crippen LogP contribution in [0.5, 0.6) is 0 Å². The number of aliphatic imine (C=N–C) groups is 1. The fourth-order valence-electron chi connectivity index (χ4n) is 0.890. The Morgan fingerprint density at radius 2 is 2.45 bits per heavy atom. The standard InChI is InChI=1S/C7H10N2O2/c1-5-6(7(10)11)3-9(2)4-8-5/h4H,3H2,1-2H3,(H,10,11). The summed E-state index contributed by atoms with van der Waals surface area (Å²) in [5.74, 6) is -0.883. The summed E-state index contributed by atoms with van der Waals surface area (Å²) in [6.07, 6.45) is 1.63. The molecule has 0 amide bonds. The van der Waals surface area contributed by atoms with Crippen LogP contribution in [-0.4, -0.2) is 35.9 Å². The lowest BCUT2D eigenvalue weighted by atomic mass is 10.2. The summed E-state index contributed by atoms with van der Waals surface area (Å²) in [5.41, 5.74) is 0.964. The van der Waals surface area contributed by atoms with E-state index in [1.807, 2.05) is 0 Å². The van der Waals surface area contributed by atoms with Crippen LogP contribution < -0.4 is 0 Å². The molecule has 1 aliphatic rings. The lowest BCUT2D eigenvalue weighted by Gasteiger charge is -2.18. The van der Waals surface area contributed by atoms with Crippen molar-refractivity contribution in [1.82, 2.24) is 4.90 Å². The van der Waals surface area contributed by atoms with Crippen molar-refractivity contribution in [1.29, 1.82) is 0 Å². The van der Waals surface area contributed by atoms with E-state index in [1.165, 1.54) is 0 Å². The monoisotopic (exact) mass is 154 g/mol. The van der Waals surface area contributed by atoms with Crippen molar-refractivity contribution < 1.29 is 9.90 Å². The molecular formula is C7H10N2O2. The van der Waals surface area contributed by atoms with Gasteiger partial charge in [-0.15, -0.1) is 0 Å². The first-order valence-electron chi connectivity index (χ1n) is 3.28. The second-order valence-corrected chi connectivity index (χ2v) is 2.53. The second kappa shape index (κ2) is 2.74. The lowest BCUT2D eigenvalue weighted by molar-refractivity contribution is -0.132. The zero-order valence-corrected chi connectivity index (χ0v) is 6.53. The smallest absolute Gasteiger partial charge is 0.335 e. The van der Waals surface area contributed by atoms with E-state index in [0.29, 0.717) is 17.8 Å². The molecule has 1 rings (SSSR count). The van der Waals surface area contributed by atoms with E-state index in [9.17, 15) is 4.79 Å². The molecule has 0 bridgehead atoms. The maximum atomic E-state index is 10.6. The molecule has 0 aromatic heterocycles. The molecule has 0 radical (unpaired) electrons. The fraction of sp³-hybridized carbons (Fsp3) is 0.429. The van der Waals surface area contributed by atoms with Crippen molar-refractivity contribution in [3.63, 3.8) is 0 Å². The molecule has 0 aliphatic carbocycles. The largest absolute Gasteiger partial charge is 0.478 e. The Balaban J connectivity index is 2.90. The van der Waals surface area contributed by atoms with Crippen molar-refractivity contribution in [2.75, 3.05) is 13.6 Å². The molecule has 0 aromatic rings. The van der Waals surface area contributed by atoms with Gasteiger partial charge in [0.1, 0.15) is 0 Å². The third-order valence-electron chi connectivity index (χ3n) is 1.55. The summed E-state index contributed by atoms with van der Waals surface area (Å²) in [6, 6.07) is 0. The summed E-state index contributed by atoms with van der Waals surface area (Å²) < 4.78 is 0. The molecular weight excluding hydrogens is 144 g/mol. The molecule has 0 saturated carbocycles. The number of likely N-dealkylation sites (N-methyl/N-ethyl adjacent to an activating group) is 1. The van der Waals surface area contributed by atoms with Gasteiger partial charge >= 0.3 is 5.97 Å². The highest BCUT2D eigenvalue weighted by atomic mass is 16.4. The molecule has 1 aliphatic heterocycles. The van der Waals surface area contributed by atoms with Crippen molar-refractivity contribution in [2.24, 2.45) is 4.99 Å². The third kappa shape index (κ3) is 1.58. The first-order chi connectivity index (χ1) is 5.11. The predicted molar refractivity (Wildman–Crippen MR) is 41.5 cm³/mol. The highest BCUT2D eigenvalue weighted by molar-refractivity contribution is 5.89. The molecule has 4 nitrogen and oxygen atoms in total. The van der Waals surface area contributed by atoms with E-state index in [0.717, 1.165) is 0 Å². The number of carboxylic acids is 1. The molecule has 1 N–H and O–H groups in total. The van der Waals surface area contributed by atoms with Crippen LogP contribution >= 0.6 is 0 Å². The van der Waals surface area contributed by atoms with E-state index >= 15 is 0 Å². The van der Waals surface area contributed by atoms with Gasteiger partial charge in [0.25, 0.3) is 0 Å². The SMILES string of the molecule is CC1=C(C(=O)O)CN(C)C=N1. The van der Waals surface area contributed by atoms with Crippen LogP contribution in [0.3, 0.4) is 0 Å². The minimum Gasteiger partial charge on any atom is -0.478 e. The molecule has 0 atom stereocenters. The quantitative estimate of drug-likeness (QED) is 0.591. The molecule has 0 spiro atoms. The first-order valence-corrected chi connectivity index (χ1v) is 3.28. The lowest BCUT2D eigenvalue weighted by Crippen LogP contribution is -2.26. The number of hydrogen-bond donors (Lipinski definition) is 1. The summed E-state index contributed by atoms with van der Waals surface area (Å²) >= 11 is 0. The molecule has 0 saturated heterocycles. The van der Waals surface area contributed by atoms with E-state index < -0.39 is 5.97 Å². The second-order valence-electron chi connectivity index (χ2n) is 2.53. The number of aliphatic carboxylic acids is 1.